The number of imidazole rings is 1. The number of thiazole rings is 1. The maximum absolute atomic E-state index is 13.1. The van der Waals surface area contributed by atoms with Gasteiger partial charge in [0.1, 0.15) is 23.4 Å². The SMILES string of the molecule is Cc1cc(Cc2cc(Nc3ccc(-c4nc(C)sc4C)cc3S(C)(=O)=O)c3nc(C)n(C4CCCCO4)c3n2)nc(C)n1. The molecule has 4 aromatic heterocycles. The van der Waals surface area contributed by atoms with Gasteiger partial charge in [-0.25, -0.2) is 33.3 Å². The van der Waals surface area contributed by atoms with Gasteiger partial charge in [0.05, 0.1) is 38.4 Å². The molecule has 224 valence electrons. The number of nitrogens with zero attached hydrogens (tertiary/aromatic N) is 6. The fourth-order valence-corrected chi connectivity index (χ4v) is 7.47. The van der Waals surface area contributed by atoms with Crippen molar-refractivity contribution in [3.8, 4) is 11.3 Å². The minimum atomic E-state index is -3.60. The summed E-state index contributed by atoms with van der Waals surface area (Å²) in [6, 6.07) is 9.30. The Hall–Kier alpha value is -3.74. The number of ether oxygens (including phenoxy) is 1. The highest BCUT2D eigenvalue weighted by molar-refractivity contribution is 7.90. The minimum absolute atomic E-state index is 0.159. The van der Waals surface area contributed by atoms with E-state index >= 15 is 0 Å². The summed E-state index contributed by atoms with van der Waals surface area (Å²) >= 11 is 1.59. The maximum Gasteiger partial charge on any atom is 0.177 e. The molecule has 0 bridgehead atoms. The van der Waals surface area contributed by atoms with Gasteiger partial charge < -0.3 is 10.1 Å². The molecule has 0 spiro atoms. The first-order chi connectivity index (χ1) is 20.5. The molecule has 1 aliphatic rings. The molecular weight excluding hydrogens is 583 g/mol. The van der Waals surface area contributed by atoms with Crippen LogP contribution >= 0.6 is 11.3 Å². The largest absolute Gasteiger partial charge is 0.358 e. The van der Waals surface area contributed by atoms with Gasteiger partial charge in [-0.3, -0.25) is 4.57 Å². The normalized spacial score (nSPS) is 15.7. The molecule has 1 atom stereocenters. The van der Waals surface area contributed by atoms with Gasteiger partial charge in [0.15, 0.2) is 15.5 Å². The molecule has 10 nitrogen and oxygen atoms in total. The summed E-state index contributed by atoms with van der Waals surface area (Å²) in [6.45, 7) is 10.4. The van der Waals surface area contributed by atoms with Crippen LogP contribution in [0, 0.1) is 34.6 Å². The number of fused-ring (bicyclic) bond motifs is 1. The lowest BCUT2D eigenvalue weighted by Gasteiger charge is -2.25. The van der Waals surface area contributed by atoms with E-state index in [2.05, 4.69) is 24.8 Å². The second kappa shape index (κ2) is 11.4. The highest BCUT2D eigenvalue weighted by atomic mass is 32.2. The quantitative estimate of drug-likeness (QED) is 0.223. The second-order valence-electron chi connectivity index (χ2n) is 11.2. The van der Waals surface area contributed by atoms with E-state index in [4.69, 9.17) is 14.7 Å². The van der Waals surface area contributed by atoms with Crippen LogP contribution in [0.2, 0.25) is 0 Å². The number of pyridine rings is 1. The molecule has 1 saturated heterocycles. The van der Waals surface area contributed by atoms with Crippen LogP contribution in [0.15, 0.2) is 35.2 Å². The van der Waals surface area contributed by atoms with Crippen LogP contribution in [-0.2, 0) is 21.0 Å². The van der Waals surface area contributed by atoms with E-state index in [1.165, 1.54) is 6.26 Å². The predicted octanol–water partition coefficient (Wildman–Crippen LogP) is 6.32. The van der Waals surface area contributed by atoms with Crippen molar-refractivity contribution in [2.24, 2.45) is 0 Å². The summed E-state index contributed by atoms with van der Waals surface area (Å²) in [4.78, 5) is 24.9. The van der Waals surface area contributed by atoms with Crippen LogP contribution in [-0.4, -0.2) is 50.8 Å². The van der Waals surface area contributed by atoms with Crippen LogP contribution < -0.4 is 5.32 Å². The molecule has 12 heteroatoms. The number of rotatable bonds is 7. The van der Waals surface area contributed by atoms with Crippen molar-refractivity contribution in [1.82, 2.24) is 29.5 Å². The summed E-state index contributed by atoms with van der Waals surface area (Å²) in [6.07, 6.45) is 4.52. The van der Waals surface area contributed by atoms with Crippen molar-refractivity contribution in [2.45, 2.75) is 71.4 Å². The Bertz CT molecular complexity index is 1940. The molecule has 0 aliphatic carbocycles. The van der Waals surface area contributed by atoms with Crippen molar-refractivity contribution in [3.63, 3.8) is 0 Å². The average Bonchev–Trinajstić information content (AvgIpc) is 3.45. The molecule has 1 aliphatic heterocycles. The Kier molecular flexibility index (Phi) is 7.78. The van der Waals surface area contributed by atoms with Gasteiger partial charge in [-0.15, -0.1) is 11.3 Å². The van der Waals surface area contributed by atoms with E-state index in [0.717, 1.165) is 63.3 Å². The molecule has 1 N–H and O–H groups in total. The number of nitrogens with one attached hydrogen (secondary N) is 1. The number of sulfone groups is 1. The number of benzene rings is 1. The molecule has 0 radical (unpaired) electrons. The molecule has 6 rings (SSSR count). The summed E-state index contributed by atoms with van der Waals surface area (Å²) in [5, 5.41) is 4.36. The van der Waals surface area contributed by atoms with Gasteiger partial charge in [-0.2, -0.15) is 0 Å². The smallest absolute Gasteiger partial charge is 0.177 e. The zero-order chi connectivity index (χ0) is 30.5. The summed E-state index contributed by atoms with van der Waals surface area (Å²) < 4.78 is 34.4. The predicted molar refractivity (Wildman–Crippen MR) is 169 cm³/mol. The van der Waals surface area contributed by atoms with Crippen LogP contribution in [0.4, 0.5) is 11.4 Å². The number of hydrogen-bond acceptors (Lipinski definition) is 10. The summed E-state index contributed by atoms with van der Waals surface area (Å²) in [7, 11) is -3.60. The maximum atomic E-state index is 13.1. The number of hydrogen-bond donors (Lipinski definition) is 1. The first-order valence-electron chi connectivity index (χ1n) is 14.3. The highest BCUT2D eigenvalue weighted by Gasteiger charge is 2.25. The molecule has 0 saturated carbocycles. The summed E-state index contributed by atoms with van der Waals surface area (Å²) in [5.41, 5.74) is 6.55. The van der Waals surface area contributed by atoms with E-state index in [1.54, 1.807) is 23.5 Å². The summed E-state index contributed by atoms with van der Waals surface area (Å²) in [5.74, 6) is 1.49. The average molecular weight is 618 g/mol. The highest BCUT2D eigenvalue weighted by Crippen LogP contribution is 2.36. The Morgan fingerprint density at radius 3 is 2.42 bits per heavy atom. The van der Waals surface area contributed by atoms with Gasteiger partial charge in [-0.05, 0) is 78.1 Å². The van der Waals surface area contributed by atoms with E-state index in [9.17, 15) is 8.42 Å². The van der Waals surface area contributed by atoms with Crippen molar-refractivity contribution in [3.05, 3.63) is 68.9 Å². The first-order valence-corrected chi connectivity index (χ1v) is 17.0. The molecular formula is C31H35N7O3S2. The first kappa shape index (κ1) is 29.3. The molecule has 1 fully saturated rings. The van der Waals surface area contributed by atoms with Crippen molar-refractivity contribution < 1.29 is 13.2 Å². The Morgan fingerprint density at radius 2 is 1.74 bits per heavy atom. The van der Waals surface area contributed by atoms with Gasteiger partial charge in [0.2, 0.25) is 0 Å². The third-order valence-electron chi connectivity index (χ3n) is 7.53. The number of aryl methyl sites for hydroxylation is 5. The molecule has 5 aromatic rings. The number of aromatic nitrogens is 6. The van der Waals surface area contributed by atoms with E-state index in [-0.39, 0.29) is 11.1 Å². The second-order valence-corrected chi connectivity index (χ2v) is 14.5. The topological polar surface area (TPSA) is 125 Å². The van der Waals surface area contributed by atoms with Crippen LogP contribution in [0.5, 0.6) is 0 Å². The minimum Gasteiger partial charge on any atom is -0.358 e. The Morgan fingerprint density at radius 1 is 0.953 bits per heavy atom. The van der Waals surface area contributed by atoms with Gasteiger partial charge in [-0.1, -0.05) is 6.07 Å². The van der Waals surface area contributed by atoms with E-state index < -0.39 is 9.84 Å². The molecule has 5 heterocycles. The molecule has 1 aromatic carbocycles. The standard InChI is InChI=1S/C31H35N7O3S2/c1-17-13-23(33-19(3)32-17)15-24-16-26(30-31(36-24)38(20(4)34-30)28-9-7-8-12-41-28)37-25-11-10-22(14-27(25)43(6,39)40)29-18(2)42-21(5)35-29/h10-11,13-14,16,28H,7-9,12,15H2,1-6H3,(H,36,37). The van der Waals surface area contributed by atoms with Gasteiger partial charge >= 0.3 is 0 Å². The van der Waals surface area contributed by atoms with Crippen LogP contribution in [0.3, 0.4) is 0 Å². The third-order valence-corrected chi connectivity index (χ3v) is 9.55. The zero-order valence-corrected chi connectivity index (χ0v) is 26.9. The molecule has 0 amide bonds. The lowest BCUT2D eigenvalue weighted by Crippen LogP contribution is -2.19. The van der Waals surface area contributed by atoms with Crippen molar-refractivity contribution in [1.29, 1.82) is 0 Å². The fraction of sp³-hybridized carbons (Fsp3) is 0.387. The fourth-order valence-electron chi connectivity index (χ4n) is 5.77. The van der Waals surface area contributed by atoms with Crippen molar-refractivity contribution in [2.75, 3.05) is 18.2 Å². The lowest BCUT2D eigenvalue weighted by atomic mass is 10.1. The van der Waals surface area contributed by atoms with Crippen LogP contribution in [0.25, 0.3) is 22.4 Å². The van der Waals surface area contributed by atoms with E-state index in [0.29, 0.717) is 41.4 Å². The lowest BCUT2D eigenvalue weighted by molar-refractivity contribution is -0.0309. The van der Waals surface area contributed by atoms with Crippen LogP contribution in [0.1, 0.15) is 64.1 Å². The Balaban J connectivity index is 1.49. The van der Waals surface area contributed by atoms with E-state index in [1.807, 2.05) is 52.8 Å². The molecule has 43 heavy (non-hydrogen) atoms. The van der Waals surface area contributed by atoms with Crippen molar-refractivity contribution >= 4 is 43.7 Å². The zero-order valence-electron chi connectivity index (χ0n) is 25.2. The van der Waals surface area contributed by atoms with Gasteiger partial charge in [0, 0.05) is 35.4 Å². The third kappa shape index (κ3) is 6.04. The monoisotopic (exact) mass is 617 g/mol. The number of anilines is 2. The Labute approximate surface area is 255 Å². The molecule has 1 unspecified atom stereocenters. The van der Waals surface area contributed by atoms with Gasteiger partial charge in [0.25, 0.3) is 0 Å².